The van der Waals surface area contributed by atoms with Crippen LogP contribution in [0, 0.1) is 0 Å². The van der Waals surface area contributed by atoms with Gasteiger partial charge in [-0.2, -0.15) is 13.2 Å². The van der Waals surface area contributed by atoms with Crippen LogP contribution in [0.15, 0.2) is 17.7 Å². The zero-order valence-electron chi connectivity index (χ0n) is 13.9. The lowest BCUT2D eigenvalue weighted by atomic mass is 9.77. The molecule has 1 aromatic rings. The van der Waals surface area contributed by atoms with Crippen LogP contribution in [-0.2, 0) is 15.5 Å². The minimum Gasteiger partial charge on any atom is -0.400 e. The molecule has 0 spiro atoms. The van der Waals surface area contributed by atoms with Crippen molar-refractivity contribution >= 4 is 24.8 Å². The maximum atomic E-state index is 12.7. The fourth-order valence-electron chi connectivity index (χ4n) is 2.10. The summed E-state index contributed by atoms with van der Waals surface area (Å²) in [7, 11) is -0.708. The fraction of sp³-hybridized carbons (Fsp3) is 0.533. The van der Waals surface area contributed by atoms with Crippen molar-refractivity contribution in [2.75, 3.05) is 6.54 Å². The molecule has 1 aromatic heterocycles. The molecule has 2 rings (SSSR count). The van der Waals surface area contributed by atoms with Crippen molar-refractivity contribution in [1.82, 2.24) is 4.98 Å². The molecule has 2 N–H and O–H groups in total. The lowest BCUT2D eigenvalue weighted by molar-refractivity contribution is -0.137. The van der Waals surface area contributed by atoms with Gasteiger partial charge in [-0.1, -0.05) is 11.6 Å². The minimum atomic E-state index is -4.50. The summed E-state index contributed by atoms with van der Waals surface area (Å²) in [6, 6.07) is 0.832. The van der Waals surface area contributed by atoms with Gasteiger partial charge in [0.15, 0.2) is 0 Å². The van der Waals surface area contributed by atoms with Crippen molar-refractivity contribution in [3.63, 3.8) is 0 Å². The maximum Gasteiger partial charge on any atom is 0.491 e. The van der Waals surface area contributed by atoms with Crippen LogP contribution in [0.4, 0.5) is 13.2 Å². The number of rotatable bonds is 3. The highest BCUT2D eigenvalue weighted by molar-refractivity contribution is 6.56. The normalized spacial score (nSPS) is 20.5. The molecule has 132 valence electrons. The minimum absolute atomic E-state index is 0.0931. The zero-order valence-corrected chi connectivity index (χ0v) is 14.6. The predicted molar refractivity (Wildman–Crippen MR) is 87.4 cm³/mol. The number of aromatic nitrogens is 1. The smallest absolute Gasteiger partial charge is 0.400 e. The van der Waals surface area contributed by atoms with Gasteiger partial charge >= 0.3 is 13.3 Å². The molecule has 24 heavy (non-hydrogen) atoms. The van der Waals surface area contributed by atoms with E-state index in [4.69, 9.17) is 26.6 Å². The molecule has 0 saturated carbocycles. The molecule has 9 heteroatoms. The molecular weight excluding hydrogens is 343 g/mol. The summed E-state index contributed by atoms with van der Waals surface area (Å²) in [6.45, 7) is 7.67. The van der Waals surface area contributed by atoms with E-state index in [1.54, 1.807) is 0 Å². The highest BCUT2D eigenvalue weighted by Gasteiger charge is 2.52. The van der Waals surface area contributed by atoms with Crippen LogP contribution >= 0.6 is 11.6 Å². The molecule has 0 bridgehead atoms. The van der Waals surface area contributed by atoms with Crippen molar-refractivity contribution < 1.29 is 22.5 Å². The highest BCUT2D eigenvalue weighted by atomic mass is 35.5. The van der Waals surface area contributed by atoms with E-state index in [2.05, 4.69) is 4.98 Å². The molecule has 4 nitrogen and oxygen atoms in total. The van der Waals surface area contributed by atoms with E-state index < -0.39 is 30.1 Å². The van der Waals surface area contributed by atoms with Crippen LogP contribution in [0.1, 0.15) is 39.0 Å². The van der Waals surface area contributed by atoms with Gasteiger partial charge in [-0.25, -0.2) is 0 Å². The average molecular weight is 363 g/mol. The third-order valence-electron chi connectivity index (χ3n) is 4.31. The quantitative estimate of drug-likeness (QED) is 0.833. The first kappa shape index (κ1) is 19.2. The average Bonchev–Trinajstić information content (AvgIpc) is 2.64. The molecule has 2 heterocycles. The third-order valence-corrected chi connectivity index (χ3v) is 4.61. The molecule has 1 aliphatic heterocycles. The highest BCUT2D eigenvalue weighted by Crippen LogP contribution is 2.39. The number of hydrogen-bond acceptors (Lipinski definition) is 4. The van der Waals surface area contributed by atoms with Crippen LogP contribution in [0.3, 0.4) is 0 Å². The second-order valence-electron chi connectivity index (χ2n) is 6.60. The second-order valence-corrected chi connectivity index (χ2v) is 7.01. The lowest BCUT2D eigenvalue weighted by Crippen LogP contribution is -2.41. The van der Waals surface area contributed by atoms with Gasteiger partial charge in [-0.3, -0.25) is 4.98 Å². The van der Waals surface area contributed by atoms with Gasteiger partial charge in [-0.05, 0) is 45.3 Å². The predicted octanol–water partition coefficient (Wildman–Crippen LogP) is 3.73. The number of hydrogen-bond donors (Lipinski definition) is 1. The van der Waals surface area contributed by atoms with E-state index >= 15 is 0 Å². The Morgan fingerprint density at radius 2 is 1.83 bits per heavy atom. The summed E-state index contributed by atoms with van der Waals surface area (Å²) in [5.74, 6) is 0. The van der Waals surface area contributed by atoms with Crippen LogP contribution in [0.2, 0.25) is 5.02 Å². The van der Waals surface area contributed by atoms with Gasteiger partial charge in [0, 0.05) is 12.7 Å². The van der Waals surface area contributed by atoms with E-state index in [9.17, 15) is 13.2 Å². The summed E-state index contributed by atoms with van der Waals surface area (Å²) in [5.41, 5.74) is 4.46. The Bertz CT molecular complexity index is 647. The zero-order chi connectivity index (χ0) is 18.3. The number of pyridine rings is 1. The van der Waals surface area contributed by atoms with E-state index in [0.717, 1.165) is 12.3 Å². The number of halogens is 4. The van der Waals surface area contributed by atoms with Crippen molar-refractivity contribution in [3.8, 4) is 0 Å². The van der Waals surface area contributed by atoms with Gasteiger partial charge in [0.05, 0.1) is 27.5 Å². The summed E-state index contributed by atoms with van der Waals surface area (Å²) < 4.78 is 49.8. The first-order chi connectivity index (χ1) is 10.9. The number of nitrogens with zero attached hydrogens (tertiary/aromatic N) is 1. The summed E-state index contributed by atoms with van der Waals surface area (Å²) in [4.78, 5) is 3.78. The van der Waals surface area contributed by atoms with Crippen molar-refractivity contribution in [1.29, 1.82) is 0 Å². The first-order valence-corrected chi connectivity index (χ1v) is 7.74. The van der Waals surface area contributed by atoms with Crippen molar-refractivity contribution in [2.24, 2.45) is 5.73 Å². The second kappa shape index (κ2) is 6.33. The molecular formula is C15H19BClF3N2O2. The molecule has 0 atom stereocenters. The lowest BCUT2D eigenvalue weighted by Gasteiger charge is -2.32. The van der Waals surface area contributed by atoms with E-state index in [1.807, 2.05) is 27.7 Å². The Balaban J connectivity index is 2.32. The molecule has 0 unspecified atom stereocenters. The third kappa shape index (κ3) is 3.77. The van der Waals surface area contributed by atoms with Gasteiger partial charge in [0.25, 0.3) is 0 Å². The number of nitrogens with two attached hydrogens (primary N) is 1. The van der Waals surface area contributed by atoms with Gasteiger partial charge < -0.3 is 15.0 Å². The Hall–Kier alpha value is -1.09. The molecule has 0 radical (unpaired) electrons. The van der Waals surface area contributed by atoms with Crippen LogP contribution < -0.4 is 5.73 Å². The molecule has 0 aliphatic carbocycles. The molecule has 1 fully saturated rings. The van der Waals surface area contributed by atoms with Crippen LogP contribution in [-0.4, -0.2) is 29.8 Å². The van der Waals surface area contributed by atoms with E-state index in [1.165, 1.54) is 6.08 Å². The van der Waals surface area contributed by atoms with Crippen molar-refractivity contribution in [3.05, 3.63) is 34.0 Å². The number of alkyl halides is 3. The van der Waals surface area contributed by atoms with Crippen LogP contribution in [0.5, 0.6) is 0 Å². The maximum absolute atomic E-state index is 12.7. The van der Waals surface area contributed by atoms with Crippen molar-refractivity contribution in [2.45, 2.75) is 45.1 Å². The SMILES string of the molecule is CC1(C)OB(C(=Cc2ncc(C(F)(F)F)cc2Cl)CN)OC1(C)C. The molecule has 1 aliphatic rings. The Labute approximate surface area is 144 Å². The van der Waals surface area contributed by atoms with Gasteiger partial charge in [-0.15, -0.1) is 0 Å². The summed E-state index contributed by atoms with van der Waals surface area (Å²) in [5, 5.41) is -0.118. The standard InChI is InChI=1S/C15H19BClF3N2O2/c1-13(2)14(3,4)24-16(23-13)10(7-21)6-12-11(17)5-9(8-22-12)15(18,19)20/h5-6,8H,7,21H2,1-4H3. The van der Waals surface area contributed by atoms with Crippen LogP contribution in [0.25, 0.3) is 6.08 Å². The Morgan fingerprint density at radius 3 is 2.25 bits per heavy atom. The Kier molecular flexibility index (Phi) is 5.08. The summed E-state index contributed by atoms with van der Waals surface area (Å²) in [6.07, 6.45) is -2.26. The van der Waals surface area contributed by atoms with E-state index in [-0.39, 0.29) is 17.3 Å². The largest absolute Gasteiger partial charge is 0.491 e. The molecule has 1 saturated heterocycles. The van der Waals surface area contributed by atoms with Gasteiger partial charge in [0.2, 0.25) is 0 Å². The topological polar surface area (TPSA) is 57.4 Å². The fourth-order valence-corrected chi connectivity index (χ4v) is 2.32. The molecule has 0 aromatic carbocycles. The first-order valence-electron chi connectivity index (χ1n) is 7.36. The monoisotopic (exact) mass is 362 g/mol. The molecule has 0 amide bonds. The van der Waals surface area contributed by atoms with E-state index in [0.29, 0.717) is 5.47 Å². The van der Waals surface area contributed by atoms with Gasteiger partial charge in [0.1, 0.15) is 0 Å². The Morgan fingerprint density at radius 1 is 1.29 bits per heavy atom. The summed E-state index contributed by atoms with van der Waals surface area (Å²) >= 11 is 5.93.